The molecule has 0 aliphatic heterocycles. The maximum Gasteiger partial charge on any atom is 2.00 e. The molecule has 4 aliphatic rings. The van der Waals surface area contributed by atoms with E-state index in [0.717, 1.165) is 36.5 Å². The third kappa shape index (κ3) is 11.9. The number of rotatable bonds is 7. The molecule has 39 heavy (non-hydrogen) atoms. The average molecular weight is 653 g/mol. The Hall–Kier alpha value is 0.423. The summed E-state index contributed by atoms with van der Waals surface area (Å²) < 4.78 is 0. The Labute approximate surface area is 276 Å². The summed E-state index contributed by atoms with van der Waals surface area (Å²) in [6, 6.07) is 0. The summed E-state index contributed by atoms with van der Waals surface area (Å²) in [6.45, 7) is 26.0. The van der Waals surface area contributed by atoms with E-state index in [4.69, 9.17) is 0 Å². The van der Waals surface area contributed by atoms with Gasteiger partial charge in [-0.15, -0.1) is 11.8 Å². The van der Waals surface area contributed by atoms with Gasteiger partial charge in [-0.3, -0.25) is 0 Å². The van der Waals surface area contributed by atoms with Gasteiger partial charge in [0.15, 0.2) is 0 Å². The van der Waals surface area contributed by atoms with Crippen molar-refractivity contribution in [1.82, 2.24) is 0 Å². The van der Waals surface area contributed by atoms with Crippen LogP contribution in [0.25, 0.3) is 0 Å². The van der Waals surface area contributed by atoms with Crippen molar-refractivity contribution < 1.29 is 51.0 Å². The minimum atomic E-state index is 0. The van der Waals surface area contributed by atoms with Crippen LogP contribution < -0.4 is 24.8 Å². The largest absolute Gasteiger partial charge is 2.00 e. The van der Waals surface area contributed by atoms with Gasteiger partial charge < -0.3 is 51.5 Å². The van der Waals surface area contributed by atoms with E-state index >= 15 is 0 Å². The zero-order valence-electron chi connectivity index (χ0n) is 26.4. The second-order valence-electron chi connectivity index (χ2n) is 12.6. The molecule has 0 radical (unpaired) electrons. The van der Waals surface area contributed by atoms with E-state index in [1.807, 2.05) is 0 Å². The summed E-state index contributed by atoms with van der Waals surface area (Å²) in [6.07, 6.45) is 24.7. The van der Waals surface area contributed by atoms with Crippen LogP contribution in [0.3, 0.4) is 0 Å². The minimum absolute atomic E-state index is 0. The van der Waals surface area contributed by atoms with Crippen molar-refractivity contribution in [3.8, 4) is 0 Å². The summed E-state index contributed by atoms with van der Waals surface area (Å²) in [5.74, 6) is 6.01. The molecular formula is C36H58Cl2Zr-4. The predicted octanol–water partition coefficient (Wildman–Crippen LogP) is 5.01. The Balaban J connectivity index is 0. The molecule has 224 valence electrons. The quantitative estimate of drug-likeness (QED) is 0.268. The van der Waals surface area contributed by atoms with Gasteiger partial charge in [0.25, 0.3) is 0 Å². The van der Waals surface area contributed by atoms with E-state index in [0.29, 0.717) is 23.7 Å². The zero-order chi connectivity index (χ0) is 26.8. The van der Waals surface area contributed by atoms with Crippen molar-refractivity contribution in [2.24, 2.45) is 47.3 Å². The van der Waals surface area contributed by atoms with Gasteiger partial charge in [-0.1, -0.05) is 128 Å². The van der Waals surface area contributed by atoms with Crippen LogP contribution in [0.1, 0.15) is 107 Å². The third-order valence-corrected chi connectivity index (χ3v) is 8.64. The zero-order valence-corrected chi connectivity index (χ0v) is 30.4. The minimum Gasteiger partial charge on any atom is -1.00 e. The van der Waals surface area contributed by atoms with E-state index in [1.54, 1.807) is 22.3 Å². The Kier molecular flexibility index (Phi) is 22.6. The molecule has 4 unspecified atom stereocenters. The van der Waals surface area contributed by atoms with Gasteiger partial charge in [-0.05, 0) is 35.5 Å². The Morgan fingerprint density at radius 1 is 0.590 bits per heavy atom. The normalized spacial score (nSPS) is 24.9. The molecule has 0 saturated heterocycles. The van der Waals surface area contributed by atoms with Gasteiger partial charge >= 0.3 is 26.2 Å². The Morgan fingerprint density at radius 3 is 1.13 bits per heavy atom. The van der Waals surface area contributed by atoms with E-state index < -0.39 is 0 Å². The van der Waals surface area contributed by atoms with Crippen molar-refractivity contribution in [3.63, 3.8) is 0 Å². The summed E-state index contributed by atoms with van der Waals surface area (Å²) in [5.41, 5.74) is 6.67. The first-order chi connectivity index (χ1) is 17.1. The van der Waals surface area contributed by atoms with Crippen LogP contribution in [0.5, 0.6) is 0 Å². The van der Waals surface area contributed by atoms with Crippen LogP contribution >= 0.6 is 0 Å². The van der Waals surface area contributed by atoms with Crippen LogP contribution in [0.4, 0.5) is 0 Å². The molecule has 0 aromatic rings. The molecule has 2 saturated carbocycles. The molecule has 0 aromatic carbocycles. The average Bonchev–Trinajstić information content (AvgIpc) is 3.51. The maximum atomic E-state index is 3.70. The molecule has 0 amide bonds. The standard InChI is InChI=1S/2C15H23.C6H12.2ClH.Zr/c2*1-10(2)12-8-9-13(11(3)4)15-7-5-6-14(12)15;1-3-5-6-4-2;;;/h2*6,8-11,14-15H,5,7H2,1-4H3;1-6H2;2*1H;/q2*-1;-2;;;+2/p-2. The Bertz CT molecular complexity index is 658. The fraction of sp³-hybridized carbons (Fsp3) is 0.667. The van der Waals surface area contributed by atoms with Gasteiger partial charge in [-0.25, -0.2) is 0 Å². The Morgan fingerprint density at radius 2 is 0.872 bits per heavy atom. The van der Waals surface area contributed by atoms with Crippen LogP contribution in [-0.4, -0.2) is 0 Å². The molecule has 2 fully saturated rings. The fourth-order valence-corrected chi connectivity index (χ4v) is 6.69. The summed E-state index contributed by atoms with van der Waals surface area (Å²) >= 11 is 0. The van der Waals surface area contributed by atoms with Crippen molar-refractivity contribution in [2.45, 2.75) is 107 Å². The summed E-state index contributed by atoms with van der Waals surface area (Å²) in [7, 11) is 0. The van der Waals surface area contributed by atoms with Crippen molar-refractivity contribution >= 4 is 0 Å². The second kappa shape index (κ2) is 21.2. The fourth-order valence-electron chi connectivity index (χ4n) is 6.69. The molecule has 0 nitrogen and oxygen atoms in total. The number of allylic oxidation sites excluding steroid dienone is 8. The first kappa shape index (κ1) is 41.6. The molecule has 4 atom stereocenters. The molecule has 0 heterocycles. The monoisotopic (exact) mass is 650 g/mol. The van der Waals surface area contributed by atoms with Gasteiger partial charge in [0.2, 0.25) is 0 Å². The van der Waals surface area contributed by atoms with Crippen LogP contribution in [0.15, 0.2) is 46.6 Å². The maximum absolute atomic E-state index is 3.70. The first-order valence-electron chi connectivity index (χ1n) is 15.2. The number of hydrogen-bond donors (Lipinski definition) is 0. The van der Waals surface area contributed by atoms with Gasteiger partial charge in [0, 0.05) is 0 Å². The molecule has 0 N–H and O–H groups in total. The number of halogens is 2. The number of fused-ring (bicyclic) bond motifs is 2. The van der Waals surface area contributed by atoms with E-state index in [1.165, 1.54) is 38.5 Å². The molecule has 4 rings (SSSR count). The summed E-state index contributed by atoms with van der Waals surface area (Å²) in [5, 5.41) is 0. The molecule has 0 aromatic heterocycles. The van der Waals surface area contributed by atoms with E-state index in [-0.39, 0.29) is 51.0 Å². The molecule has 3 heteroatoms. The van der Waals surface area contributed by atoms with E-state index in [2.05, 4.69) is 106 Å². The van der Waals surface area contributed by atoms with Gasteiger partial charge in [0.05, 0.1) is 0 Å². The third-order valence-electron chi connectivity index (χ3n) is 8.64. The topological polar surface area (TPSA) is 0 Å². The van der Waals surface area contributed by atoms with Gasteiger partial charge in [-0.2, -0.15) is 25.7 Å². The summed E-state index contributed by atoms with van der Waals surface area (Å²) in [4.78, 5) is 0. The molecular weight excluding hydrogens is 595 g/mol. The molecule has 0 bridgehead atoms. The number of unbranched alkanes of at least 4 members (excludes halogenated alkanes) is 3. The molecule has 0 spiro atoms. The van der Waals surface area contributed by atoms with Crippen LogP contribution in [0, 0.1) is 74.0 Å². The van der Waals surface area contributed by atoms with Crippen molar-refractivity contribution in [3.05, 3.63) is 73.3 Å². The number of hydrogen-bond acceptors (Lipinski definition) is 0. The van der Waals surface area contributed by atoms with Crippen molar-refractivity contribution in [1.29, 1.82) is 0 Å². The smallest absolute Gasteiger partial charge is 1.00 e. The second-order valence-corrected chi connectivity index (χ2v) is 12.6. The van der Waals surface area contributed by atoms with Crippen LogP contribution in [-0.2, 0) is 26.2 Å². The van der Waals surface area contributed by atoms with E-state index in [9.17, 15) is 0 Å². The molecule has 4 aliphatic carbocycles. The van der Waals surface area contributed by atoms with Crippen LogP contribution in [0.2, 0.25) is 0 Å². The SMILES string of the molecule is CC(C)C1=CC=C(C(C)C)C2CC[CH-]C12.CC(C)C1=CC=C(C(C)C)C2CC[CH-]C12.[CH2-]CCCC[CH2-].[Cl-].[Cl-].[Zr+2]. The predicted molar refractivity (Wildman–Crippen MR) is 162 cm³/mol. The van der Waals surface area contributed by atoms with Gasteiger partial charge in [0.1, 0.15) is 0 Å². The van der Waals surface area contributed by atoms with Crippen molar-refractivity contribution in [2.75, 3.05) is 0 Å². The first-order valence-corrected chi connectivity index (χ1v) is 15.2.